The predicted octanol–water partition coefficient (Wildman–Crippen LogP) is -0.134. The quantitative estimate of drug-likeness (QED) is 0.706. The summed E-state index contributed by atoms with van der Waals surface area (Å²) in [6.07, 6.45) is 4.10. The molecule has 3 N–H and O–H groups in total. The lowest BCUT2D eigenvalue weighted by Crippen LogP contribution is -2.50. The molecule has 0 aromatic carbocycles. The molecule has 0 heterocycles. The molecule has 2 aliphatic rings. The third kappa shape index (κ3) is 2.49. The maximum Gasteiger partial charge on any atom is 0.237 e. The van der Waals surface area contributed by atoms with Gasteiger partial charge in [-0.15, -0.1) is 0 Å². The van der Waals surface area contributed by atoms with Crippen molar-refractivity contribution < 1.29 is 13.2 Å². The predicted molar refractivity (Wildman–Crippen MR) is 55.5 cm³/mol. The van der Waals surface area contributed by atoms with Crippen molar-refractivity contribution in [2.45, 2.75) is 49.3 Å². The summed E-state index contributed by atoms with van der Waals surface area (Å²) in [5.41, 5.74) is 5.40. The zero-order valence-corrected chi connectivity index (χ0v) is 9.35. The van der Waals surface area contributed by atoms with Gasteiger partial charge in [-0.1, -0.05) is 0 Å². The van der Waals surface area contributed by atoms with Gasteiger partial charge in [0.2, 0.25) is 15.9 Å². The number of nitrogens with one attached hydrogen (secondary N) is 1. The number of amides is 1. The molecule has 0 unspecified atom stereocenters. The second kappa shape index (κ2) is 3.45. The van der Waals surface area contributed by atoms with Crippen molar-refractivity contribution in [1.82, 2.24) is 4.72 Å². The van der Waals surface area contributed by atoms with E-state index in [9.17, 15) is 13.2 Å². The lowest BCUT2D eigenvalue weighted by atomic mass is 9.75. The van der Waals surface area contributed by atoms with E-state index in [4.69, 9.17) is 5.73 Å². The number of hydrogen-bond acceptors (Lipinski definition) is 4. The lowest BCUT2D eigenvalue weighted by Gasteiger charge is -2.37. The molecule has 1 amide bonds. The van der Waals surface area contributed by atoms with Gasteiger partial charge in [-0.3, -0.25) is 9.52 Å². The average Bonchev–Trinajstić information content (AvgIpc) is 2.81. The van der Waals surface area contributed by atoms with Crippen molar-refractivity contribution in [2.75, 3.05) is 0 Å². The van der Waals surface area contributed by atoms with Crippen molar-refractivity contribution >= 4 is 15.9 Å². The fraction of sp³-hybridized carbons (Fsp3) is 0.889. The molecule has 2 aliphatic carbocycles. The second-order valence-corrected chi connectivity index (χ2v) is 6.62. The zero-order valence-electron chi connectivity index (χ0n) is 8.53. The van der Waals surface area contributed by atoms with E-state index in [1.165, 1.54) is 0 Å². The Morgan fingerprint density at radius 3 is 2.40 bits per heavy atom. The van der Waals surface area contributed by atoms with E-state index >= 15 is 0 Å². The fourth-order valence-corrected chi connectivity index (χ4v) is 3.10. The van der Waals surface area contributed by atoms with Crippen molar-refractivity contribution in [3.8, 4) is 0 Å². The molecule has 0 spiro atoms. The van der Waals surface area contributed by atoms with E-state index in [-0.39, 0.29) is 11.7 Å². The molecule has 0 aromatic rings. The molecule has 0 bridgehead atoms. The maximum atomic E-state index is 11.4. The summed E-state index contributed by atoms with van der Waals surface area (Å²) < 4.78 is 24.9. The Bertz CT molecular complexity index is 369. The molecule has 0 atom stereocenters. The van der Waals surface area contributed by atoms with Crippen molar-refractivity contribution in [3.05, 3.63) is 0 Å². The first-order chi connectivity index (χ1) is 6.91. The second-order valence-electron chi connectivity index (χ2n) is 4.66. The van der Waals surface area contributed by atoms with E-state index in [0.29, 0.717) is 12.8 Å². The Morgan fingerprint density at radius 1 is 1.40 bits per heavy atom. The van der Waals surface area contributed by atoms with Gasteiger partial charge in [0.25, 0.3) is 0 Å². The zero-order chi connectivity index (χ0) is 11.1. The fourth-order valence-electron chi connectivity index (χ4n) is 1.78. The van der Waals surface area contributed by atoms with Gasteiger partial charge in [0.05, 0.1) is 5.25 Å². The Kier molecular flexibility index (Phi) is 2.50. The number of sulfonamides is 1. The molecule has 0 saturated heterocycles. The average molecular weight is 232 g/mol. The topological polar surface area (TPSA) is 89.3 Å². The van der Waals surface area contributed by atoms with Crippen LogP contribution in [0, 0.1) is 0 Å². The summed E-state index contributed by atoms with van der Waals surface area (Å²) in [5.74, 6) is -0.455. The van der Waals surface area contributed by atoms with Crippen LogP contribution in [0.4, 0.5) is 0 Å². The van der Waals surface area contributed by atoms with E-state index in [0.717, 1.165) is 19.3 Å². The number of carbonyl (C=O) groups excluding carboxylic acids is 1. The van der Waals surface area contributed by atoms with Crippen molar-refractivity contribution in [1.29, 1.82) is 0 Å². The lowest BCUT2D eigenvalue weighted by molar-refractivity contribution is -0.121. The van der Waals surface area contributed by atoms with Gasteiger partial charge in [-0.05, 0) is 32.1 Å². The molecule has 0 aliphatic heterocycles. The van der Waals surface area contributed by atoms with Gasteiger partial charge < -0.3 is 5.73 Å². The van der Waals surface area contributed by atoms with Crippen LogP contribution in [0.5, 0.6) is 0 Å². The highest BCUT2D eigenvalue weighted by molar-refractivity contribution is 7.90. The highest BCUT2D eigenvalue weighted by Crippen LogP contribution is 2.32. The van der Waals surface area contributed by atoms with E-state index in [1.807, 2.05) is 0 Å². The SMILES string of the molecule is NC1(CC(=O)NS(=O)(=O)C2CC2)CCC1. The minimum absolute atomic E-state index is 0.124. The molecule has 2 saturated carbocycles. The minimum Gasteiger partial charge on any atom is -0.325 e. The number of hydrogen-bond donors (Lipinski definition) is 2. The van der Waals surface area contributed by atoms with Gasteiger partial charge in [0.15, 0.2) is 0 Å². The first kappa shape index (κ1) is 10.9. The van der Waals surface area contributed by atoms with Crippen LogP contribution in [-0.4, -0.2) is 25.1 Å². The number of rotatable bonds is 4. The van der Waals surface area contributed by atoms with Crippen molar-refractivity contribution in [3.63, 3.8) is 0 Å². The van der Waals surface area contributed by atoms with Crippen LogP contribution in [0.3, 0.4) is 0 Å². The standard InChI is InChI=1S/C9H16N2O3S/c10-9(4-1-5-9)6-8(12)11-15(13,14)7-2-3-7/h7H,1-6,10H2,(H,11,12). The van der Waals surface area contributed by atoms with Crippen LogP contribution >= 0.6 is 0 Å². The summed E-state index contributed by atoms with van der Waals surface area (Å²) in [7, 11) is -3.40. The van der Waals surface area contributed by atoms with Gasteiger partial charge >= 0.3 is 0 Å². The molecule has 2 fully saturated rings. The molecule has 0 radical (unpaired) electrons. The normalized spacial score (nSPS) is 24.3. The van der Waals surface area contributed by atoms with Gasteiger partial charge in [-0.25, -0.2) is 8.42 Å². The largest absolute Gasteiger partial charge is 0.325 e. The molecule has 5 nitrogen and oxygen atoms in total. The Balaban J connectivity index is 1.86. The molecule has 0 aromatic heterocycles. The Hall–Kier alpha value is -0.620. The monoisotopic (exact) mass is 232 g/mol. The first-order valence-electron chi connectivity index (χ1n) is 5.25. The van der Waals surface area contributed by atoms with E-state index in [1.54, 1.807) is 0 Å². The Morgan fingerprint density at radius 2 is 2.00 bits per heavy atom. The third-order valence-electron chi connectivity index (χ3n) is 3.08. The smallest absolute Gasteiger partial charge is 0.237 e. The van der Waals surface area contributed by atoms with Crippen LogP contribution in [0.2, 0.25) is 0 Å². The van der Waals surface area contributed by atoms with Crippen molar-refractivity contribution in [2.24, 2.45) is 5.73 Å². The summed E-state index contributed by atoms with van der Waals surface area (Å²) in [6.45, 7) is 0. The highest BCUT2D eigenvalue weighted by atomic mass is 32.2. The van der Waals surface area contributed by atoms with Crippen LogP contribution in [0.15, 0.2) is 0 Å². The summed E-state index contributed by atoms with van der Waals surface area (Å²) >= 11 is 0. The van der Waals surface area contributed by atoms with Gasteiger partial charge in [0.1, 0.15) is 0 Å². The molecule has 86 valence electrons. The summed E-state index contributed by atoms with van der Waals surface area (Å²) in [6, 6.07) is 0. The maximum absolute atomic E-state index is 11.4. The van der Waals surface area contributed by atoms with Crippen LogP contribution in [-0.2, 0) is 14.8 Å². The third-order valence-corrected chi connectivity index (χ3v) is 4.94. The highest BCUT2D eigenvalue weighted by Gasteiger charge is 2.39. The number of carbonyl (C=O) groups is 1. The number of nitrogens with two attached hydrogens (primary N) is 1. The summed E-state index contributed by atoms with van der Waals surface area (Å²) in [4.78, 5) is 11.4. The molecule has 15 heavy (non-hydrogen) atoms. The summed E-state index contributed by atoms with van der Waals surface area (Å²) in [5, 5.41) is -0.350. The first-order valence-corrected chi connectivity index (χ1v) is 6.79. The van der Waals surface area contributed by atoms with Crippen LogP contribution in [0.25, 0.3) is 0 Å². The molecular weight excluding hydrogens is 216 g/mol. The van der Waals surface area contributed by atoms with E-state index < -0.39 is 21.5 Å². The molecule has 6 heteroatoms. The van der Waals surface area contributed by atoms with Gasteiger partial charge in [-0.2, -0.15) is 0 Å². The minimum atomic E-state index is -3.40. The van der Waals surface area contributed by atoms with Gasteiger partial charge in [0, 0.05) is 12.0 Å². The van der Waals surface area contributed by atoms with E-state index in [2.05, 4.69) is 4.72 Å². The molecular formula is C9H16N2O3S. The van der Waals surface area contributed by atoms with Crippen LogP contribution in [0.1, 0.15) is 38.5 Å². The molecule has 2 rings (SSSR count). The van der Waals surface area contributed by atoms with Crippen LogP contribution < -0.4 is 10.5 Å². The Labute approximate surface area is 89.5 Å².